The van der Waals surface area contributed by atoms with Gasteiger partial charge in [0, 0.05) is 36.0 Å². The Kier molecular flexibility index (Phi) is 6.01. The molecule has 0 aromatic heterocycles. The largest absolute Gasteiger partial charge is 0.372 e. The summed E-state index contributed by atoms with van der Waals surface area (Å²) in [5.74, 6) is -1.81. The third-order valence-electron chi connectivity index (χ3n) is 3.59. The SMILES string of the molecule is CCN(CC)c1ccc(C(=O)N/N=C\c2ccc(F)cc2F)cc1. The zero-order valence-corrected chi connectivity index (χ0v) is 13.6. The molecule has 0 saturated carbocycles. The zero-order chi connectivity index (χ0) is 17.5. The van der Waals surface area contributed by atoms with Crippen LogP contribution in [0.3, 0.4) is 0 Å². The van der Waals surface area contributed by atoms with Crippen molar-refractivity contribution in [3.05, 3.63) is 65.2 Å². The molecule has 0 aliphatic carbocycles. The predicted molar refractivity (Wildman–Crippen MR) is 91.4 cm³/mol. The number of nitrogens with zero attached hydrogens (tertiary/aromatic N) is 2. The molecule has 0 heterocycles. The number of nitrogens with one attached hydrogen (secondary N) is 1. The number of halogens is 2. The molecule has 126 valence electrons. The van der Waals surface area contributed by atoms with Crippen molar-refractivity contribution in [1.29, 1.82) is 0 Å². The van der Waals surface area contributed by atoms with E-state index in [2.05, 4.69) is 29.3 Å². The highest BCUT2D eigenvalue weighted by molar-refractivity contribution is 5.95. The van der Waals surface area contributed by atoms with E-state index in [0.717, 1.165) is 37.1 Å². The number of hydrazone groups is 1. The lowest BCUT2D eigenvalue weighted by Gasteiger charge is -2.20. The number of carbonyl (C=O) groups excluding carboxylic acids is 1. The topological polar surface area (TPSA) is 44.7 Å². The van der Waals surface area contributed by atoms with E-state index in [1.807, 2.05) is 12.1 Å². The Morgan fingerprint density at radius 2 is 1.79 bits per heavy atom. The predicted octanol–water partition coefficient (Wildman–Crippen LogP) is 3.57. The Morgan fingerprint density at radius 1 is 1.12 bits per heavy atom. The van der Waals surface area contributed by atoms with Gasteiger partial charge in [0.1, 0.15) is 11.6 Å². The van der Waals surface area contributed by atoms with Gasteiger partial charge in [0.25, 0.3) is 5.91 Å². The Labute approximate surface area is 139 Å². The van der Waals surface area contributed by atoms with Gasteiger partial charge in [-0.25, -0.2) is 14.2 Å². The molecule has 0 aliphatic rings. The first-order valence-electron chi connectivity index (χ1n) is 7.68. The molecule has 24 heavy (non-hydrogen) atoms. The highest BCUT2D eigenvalue weighted by Gasteiger charge is 2.07. The number of hydrogen-bond donors (Lipinski definition) is 1. The van der Waals surface area contributed by atoms with E-state index in [1.54, 1.807) is 12.1 Å². The van der Waals surface area contributed by atoms with Crippen molar-refractivity contribution < 1.29 is 13.6 Å². The fourth-order valence-electron chi connectivity index (χ4n) is 2.24. The molecular weight excluding hydrogens is 312 g/mol. The maximum Gasteiger partial charge on any atom is 0.271 e. The van der Waals surface area contributed by atoms with Crippen LogP contribution < -0.4 is 10.3 Å². The third-order valence-corrected chi connectivity index (χ3v) is 3.59. The van der Waals surface area contributed by atoms with E-state index in [9.17, 15) is 13.6 Å². The molecule has 0 bridgehead atoms. The molecule has 0 atom stereocenters. The number of anilines is 1. The molecule has 0 fully saturated rings. The second-order valence-electron chi connectivity index (χ2n) is 5.08. The highest BCUT2D eigenvalue weighted by atomic mass is 19.1. The van der Waals surface area contributed by atoms with Gasteiger partial charge in [-0.2, -0.15) is 5.10 Å². The monoisotopic (exact) mass is 331 g/mol. The smallest absolute Gasteiger partial charge is 0.271 e. The molecule has 1 N–H and O–H groups in total. The first kappa shape index (κ1) is 17.6. The fraction of sp³-hybridized carbons (Fsp3) is 0.222. The van der Waals surface area contributed by atoms with Gasteiger partial charge in [-0.15, -0.1) is 0 Å². The number of benzene rings is 2. The summed E-state index contributed by atoms with van der Waals surface area (Å²) in [5.41, 5.74) is 3.90. The molecule has 0 radical (unpaired) electrons. The Bertz CT molecular complexity index is 726. The van der Waals surface area contributed by atoms with E-state index in [0.29, 0.717) is 5.56 Å². The molecule has 0 saturated heterocycles. The minimum Gasteiger partial charge on any atom is -0.372 e. The molecule has 4 nitrogen and oxygen atoms in total. The Morgan fingerprint density at radius 3 is 2.38 bits per heavy atom. The van der Waals surface area contributed by atoms with E-state index in [1.165, 1.54) is 6.07 Å². The van der Waals surface area contributed by atoms with Crippen LogP contribution in [0, 0.1) is 11.6 Å². The van der Waals surface area contributed by atoms with Crippen LogP contribution in [0.5, 0.6) is 0 Å². The lowest BCUT2D eigenvalue weighted by Crippen LogP contribution is -2.22. The van der Waals surface area contributed by atoms with Crippen molar-refractivity contribution >= 4 is 17.8 Å². The lowest BCUT2D eigenvalue weighted by molar-refractivity contribution is 0.0955. The van der Waals surface area contributed by atoms with Gasteiger partial charge in [0.05, 0.1) is 6.21 Å². The van der Waals surface area contributed by atoms with Crippen molar-refractivity contribution in [3.8, 4) is 0 Å². The minimum absolute atomic E-state index is 0.0913. The number of amides is 1. The highest BCUT2D eigenvalue weighted by Crippen LogP contribution is 2.14. The molecule has 0 unspecified atom stereocenters. The molecule has 0 spiro atoms. The number of hydrogen-bond acceptors (Lipinski definition) is 3. The first-order chi connectivity index (χ1) is 11.5. The average Bonchev–Trinajstić information content (AvgIpc) is 2.58. The summed E-state index contributed by atoms with van der Waals surface area (Å²) in [6, 6.07) is 10.3. The van der Waals surface area contributed by atoms with Crippen LogP contribution in [0.2, 0.25) is 0 Å². The molecule has 6 heteroatoms. The standard InChI is InChI=1S/C18H19F2N3O/c1-3-23(4-2)16-9-6-13(7-10-16)18(24)22-21-12-14-5-8-15(19)11-17(14)20/h5-12H,3-4H2,1-2H3,(H,22,24)/b21-12-. The summed E-state index contributed by atoms with van der Waals surface area (Å²) in [4.78, 5) is 14.2. The summed E-state index contributed by atoms with van der Waals surface area (Å²) in [6.07, 6.45) is 1.14. The van der Waals surface area contributed by atoms with Gasteiger partial charge < -0.3 is 4.90 Å². The van der Waals surface area contributed by atoms with Crippen LogP contribution >= 0.6 is 0 Å². The van der Waals surface area contributed by atoms with Gasteiger partial charge in [-0.1, -0.05) is 0 Å². The summed E-state index contributed by atoms with van der Waals surface area (Å²) >= 11 is 0. The van der Waals surface area contributed by atoms with E-state index in [4.69, 9.17) is 0 Å². The van der Waals surface area contributed by atoms with Crippen LogP contribution in [0.1, 0.15) is 29.8 Å². The third kappa shape index (κ3) is 4.38. The average molecular weight is 331 g/mol. The summed E-state index contributed by atoms with van der Waals surface area (Å²) < 4.78 is 26.2. The van der Waals surface area contributed by atoms with Gasteiger partial charge in [0.15, 0.2) is 0 Å². The molecule has 1 amide bonds. The van der Waals surface area contributed by atoms with Crippen LogP contribution in [0.4, 0.5) is 14.5 Å². The van der Waals surface area contributed by atoms with Gasteiger partial charge in [-0.05, 0) is 50.2 Å². The van der Waals surface area contributed by atoms with Gasteiger partial charge in [0.2, 0.25) is 0 Å². The van der Waals surface area contributed by atoms with Gasteiger partial charge >= 0.3 is 0 Å². The van der Waals surface area contributed by atoms with Gasteiger partial charge in [-0.3, -0.25) is 4.79 Å². The van der Waals surface area contributed by atoms with Crippen LogP contribution in [-0.4, -0.2) is 25.2 Å². The Balaban J connectivity index is 2.00. The van der Waals surface area contributed by atoms with Crippen LogP contribution in [-0.2, 0) is 0 Å². The van der Waals surface area contributed by atoms with Crippen LogP contribution in [0.25, 0.3) is 0 Å². The van der Waals surface area contributed by atoms with Crippen molar-refractivity contribution in [2.45, 2.75) is 13.8 Å². The van der Waals surface area contributed by atoms with Crippen molar-refractivity contribution in [3.63, 3.8) is 0 Å². The quantitative estimate of drug-likeness (QED) is 0.649. The Hall–Kier alpha value is -2.76. The maximum absolute atomic E-state index is 13.4. The molecule has 2 rings (SSSR count). The number of carbonyl (C=O) groups is 1. The van der Waals surface area contributed by atoms with Crippen molar-refractivity contribution in [2.24, 2.45) is 5.10 Å². The summed E-state index contributed by atoms with van der Waals surface area (Å²) in [7, 11) is 0. The normalized spacial score (nSPS) is 10.8. The molecular formula is C18H19F2N3O. The van der Waals surface area contributed by atoms with E-state index >= 15 is 0 Å². The van der Waals surface area contributed by atoms with Crippen LogP contribution in [0.15, 0.2) is 47.6 Å². The lowest BCUT2D eigenvalue weighted by atomic mass is 10.2. The minimum atomic E-state index is -0.739. The second-order valence-corrected chi connectivity index (χ2v) is 5.08. The molecule has 2 aromatic rings. The van der Waals surface area contributed by atoms with Crippen molar-refractivity contribution in [2.75, 3.05) is 18.0 Å². The molecule has 2 aromatic carbocycles. The van der Waals surface area contributed by atoms with E-state index in [-0.39, 0.29) is 5.56 Å². The zero-order valence-electron chi connectivity index (χ0n) is 13.6. The first-order valence-corrected chi connectivity index (χ1v) is 7.68. The van der Waals surface area contributed by atoms with Crippen molar-refractivity contribution in [1.82, 2.24) is 5.43 Å². The summed E-state index contributed by atoms with van der Waals surface area (Å²) in [6.45, 7) is 5.89. The number of rotatable bonds is 6. The fourth-order valence-corrected chi connectivity index (χ4v) is 2.24. The second kappa shape index (κ2) is 8.19. The molecule has 0 aliphatic heterocycles. The summed E-state index contributed by atoms with van der Waals surface area (Å²) in [5, 5.41) is 3.70. The van der Waals surface area contributed by atoms with E-state index < -0.39 is 17.5 Å². The maximum atomic E-state index is 13.4.